The van der Waals surface area contributed by atoms with Gasteiger partial charge in [-0.2, -0.15) is 0 Å². The fourth-order valence-corrected chi connectivity index (χ4v) is 3.40. The van der Waals surface area contributed by atoms with Gasteiger partial charge in [0.15, 0.2) is 34.9 Å². The van der Waals surface area contributed by atoms with Crippen LogP contribution in [-0.4, -0.2) is 73.7 Å². The van der Waals surface area contributed by atoms with Crippen LogP contribution in [0, 0.1) is 0 Å². The third kappa shape index (κ3) is 3.77. The molecule has 2 aromatic rings. The molecule has 10 nitrogen and oxygen atoms in total. The van der Waals surface area contributed by atoms with E-state index in [4.69, 9.17) is 14.2 Å². The Hall–Kier alpha value is -3.31. The van der Waals surface area contributed by atoms with Crippen LogP contribution in [0.2, 0.25) is 0 Å². The molecule has 5 atom stereocenters. The van der Waals surface area contributed by atoms with Crippen LogP contribution >= 0.6 is 0 Å². The van der Waals surface area contributed by atoms with Crippen LogP contribution in [-0.2, 0) is 4.74 Å². The molecule has 0 spiro atoms. The van der Waals surface area contributed by atoms with E-state index in [2.05, 4.69) is 0 Å². The van der Waals surface area contributed by atoms with Crippen LogP contribution < -0.4 is 9.47 Å². The van der Waals surface area contributed by atoms with E-state index < -0.39 is 48.8 Å². The Bertz CT molecular complexity index is 1030. The van der Waals surface area contributed by atoms with Gasteiger partial charge in [0, 0.05) is 0 Å². The molecule has 2 heterocycles. The number of benzene rings is 2. The highest BCUT2D eigenvalue weighted by molar-refractivity contribution is 6.09. The molecule has 0 amide bonds. The van der Waals surface area contributed by atoms with Gasteiger partial charge in [-0.1, -0.05) is 12.1 Å². The van der Waals surface area contributed by atoms with Crippen molar-refractivity contribution in [3.05, 3.63) is 47.5 Å². The van der Waals surface area contributed by atoms with E-state index in [1.807, 2.05) is 0 Å². The molecule has 31 heavy (non-hydrogen) atoms. The number of aromatic hydroxyl groups is 3. The molecule has 4 rings (SSSR count). The molecule has 164 valence electrons. The number of carbonyl (C=O) groups is 1. The topological polar surface area (TPSA) is 166 Å². The third-order valence-electron chi connectivity index (χ3n) is 5.11. The molecule has 0 radical (unpaired) electrons. The molecule has 0 aliphatic carbocycles. The van der Waals surface area contributed by atoms with Gasteiger partial charge in [0.05, 0.1) is 12.2 Å². The van der Waals surface area contributed by atoms with E-state index in [0.29, 0.717) is 5.56 Å². The molecule has 0 aromatic heterocycles. The zero-order chi connectivity index (χ0) is 22.3. The fourth-order valence-electron chi connectivity index (χ4n) is 3.40. The van der Waals surface area contributed by atoms with Gasteiger partial charge in [-0.25, -0.2) is 0 Å². The fraction of sp³-hybridized carbons (Fsp3) is 0.286. The van der Waals surface area contributed by atoms with E-state index in [0.717, 1.165) is 6.08 Å². The van der Waals surface area contributed by atoms with Crippen molar-refractivity contribution in [2.45, 2.75) is 30.7 Å². The predicted molar refractivity (Wildman–Crippen MR) is 104 cm³/mol. The second-order valence-electron chi connectivity index (χ2n) is 7.14. The Balaban J connectivity index is 1.58. The van der Waals surface area contributed by atoms with Crippen LogP contribution in [0.4, 0.5) is 0 Å². The molecule has 10 heteroatoms. The van der Waals surface area contributed by atoms with E-state index in [1.54, 1.807) is 0 Å². The molecular formula is C21H20O10. The summed E-state index contributed by atoms with van der Waals surface area (Å²) < 4.78 is 16.6. The lowest BCUT2D eigenvalue weighted by Gasteiger charge is -2.44. The first-order valence-electron chi connectivity index (χ1n) is 9.36. The average molecular weight is 432 g/mol. The Morgan fingerprint density at radius 3 is 2.48 bits per heavy atom. The molecule has 1 saturated heterocycles. The average Bonchev–Trinajstić information content (AvgIpc) is 2.76. The summed E-state index contributed by atoms with van der Waals surface area (Å²) in [4.78, 5) is 12.6. The monoisotopic (exact) mass is 432 g/mol. The second kappa shape index (κ2) is 8.08. The largest absolute Gasteiger partial charge is 0.504 e. The highest BCUT2D eigenvalue weighted by atomic mass is 16.7. The summed E-state index contributed by atoms with van der Waals surface area (Å²) in [5.74, 6) is -1.88. The summed E-state index contributed by atoms with van der Waals surface area (Å²) in [6.45, 7) is -0.540. The van der Waals surface area contributed by atoms with Crippen LogP contribution in [0.15, 0.2) is 36.4 Å². The lowest BCUT2D eigenvalue weighted by molar-refractivity contribution is -0.279. The predicted octanol–water partition coefficient (Wildman–Crippen LogP) is 0.278. The molecule has 0 bridgehead atoms. The summed E-state index contributed by atoms with van der Waals surface area (Å²) in [5, 5.41) is 59.0. The Morgan fingerprint density at radius 2 is 1.77 bits per heavy atom. The highest BCUT2D eigenvalue weighted by Crippen LogP contribution is 2.45. The minimum atomic E-state index is -1.47. The summed E-state index contributed by atoms with van der Waals surface area (Å²) in [6, 6.07) is 6.71. The van der Waals surface area contributed by atoms with Gasteiger partial charge < -0.3 is 44.8 Å². The smallest absolute Gasteiger partial charge is 0.240 e. The number of aliphatic hydroxyl groups is 3. The lowest BCUT2D eigenvalue weighted by atomic mass is 9.98. The Kier molecular flexibility index (Phi) is 5.46. The van der Waals surface area contributed by atoms with Crippen LogP contribution in [0.3, 0.4) is 0 Å². The van der Waals surface area contributed by atoms with Gasteiger partial charge in [0.1, 0.15) is 18.3 Å². The first-order valence-corrected chi connectivity index (χ1v) is 9.36. The van der Waals surface area contributed by atoms with Gasteiger partial charge in [0.25, 0.3) is 0 Å². The molecule has 1 fully saturated rings. The minimum absolute atomic E-state index is 0.0583. The van der Waals surface area contributed by atoms with Crippen molar-refractivity contribution in [2.24, 2.45) is 0 Å². The number of ether oxygens (including phenoxy) is 3. The normalized spacial score (nSPS) is 27.1. The Morgan fingerprint density at radius 1 is 1.00 bits per heavy atom. The zero-order valence-corrected chi connectivity index (χ0v) is 16.0. The number of ketones is 1. The van der Waals surface area contributed by atoms with Gasteiger partial charge >= 0.3 is 0 Å². The maximum absolute atomic E-state index is 12.6. The minimum Gasteiger partial charge on any atom is -0.504 e. The first kappa shape index (κ1) is 20.9. The standard InChI is InChI=1S/C21H20O10/c22-8-15-17(27)18(28)20-21(30-15)29-14-6-3-10(16(26)19(14)31-20)11(23)4-1-9-2-5-12(24)13(25)7-9/h1-7,15,17-18,20-22,24-28H,8H2/b4-1+. The molecule has 2 aromatic carbocycles. The molecule has 5 unspecified atom stereocenters. The van der Waals surface area contributed by atoms with Crippen molar-refractivity contribution < 1.29 is 49.6 Å². The zero-order valence-electron chi connectivity index (χ0n) is 16.0. The molecular weight excluding hydrogens is 412 g/mol. The number of rotatable bonds is 4. The summed E-state index contributed by atoms with van der Waals surface area (Å²) in [7, 11) is 0. The quantitative estimate of drug-likeness (QED) is 0.224. The second-order valence-corrected chi connectivity index (χ2v) is 7.14. The van der Waals surface area contributed by atoms with Crippen LogP contribution in [0.1, 0.15) is 15.9 Å². The first-order chi connectivity index (χ1) is 14.8. The van der Waals surface area contributed by atoms with Gasteiger partial charge in [0.2, 0.25) is 12.0 Å². The molecule has 2 aliphatic heterocycles. The maximum atomic E-state index is 12.6. The number of aliphatic hydroxyl groups excluding tert-OH is 3. The number of carbonyl (C=O) groups excluding carboxylic acids is 1. The number of phenols is 3. The lowest BCUT2D eigenvalue weighted by Crippen LogP contribution is -2.63. The summed E-state index contributed by atoms with van der Waals surface area (Å²) in [5.41, 5.74) is 0.332. The van der Waals surface area contributed by atoms with Crippen molar-refractivity contribution in [1.82, 2.24) is 0 Å². The van der Waals surface area contributed by atoms with Gasteiger partial charge in [-0.3, -0.25) is 4.79 Å². The van der Waals surface area contributed by atoms with Crippen molar-refractivity contribution in [2.75, 3.05) is 6.61 Å². The van der Waals surface area contributed by atoms with Gasteiger partial charge in [-0.15, -0.1) is 0 Å². The van der Waals surface area contributed by atoms with Gasteiger partial charge in [-0.05, 0) is 35.9 Å². The number of hydrogen-bond donors (Lipinski definition) is 6. The van der Waals surface area contributed by atoms with Crippen molar-refractivity contribution in [1.29, 1.82) is 0 Å². The maximum Gasteiger partial charge on any atom is 0.240 e. The van der Waals surface area contributed by atoms with E-state index in [9.17, 15) is 35.4 Å². The number of allylic oxidation sites excluding steroid dienone is 1. The Labute approximate surface area is 175 Å². The third-order valence-corrected chi connectivity index (χ3v) is 5.11. The van der Waals surface area contributed by atoms with E-state index >= 15 is 0 Å². The SMILES string of the molecule is O=C(/C=C/c1ccc(O)c(O)c1)c1ccc2c(c1O)OC1C(O2)OC(CO)C(O)C1O. The number of fused-ring (bicyclic) bond motifs is 2. The van der Waals surface area contributed by atoms with Crippen molar-refractivity contribution in [3.63, 3.8) is 0 Å². The highest BCUT2D eigenvalue weighted by Gasteiger charge is 2.50. The van der Waals surface area contributed by atoms with E-state index in [1.165, 1.54) is 36.4 Å². The van der Waals surface area contributed by atoms with Crippen molar-refractivity contribution in [3.8, 4) is 28.7 Å². The summed E-state index contributed by atoms with van der Waals surface area (Å²) >= 11 is 0. The van der Waals surface area contributed by atoms with Crippen molar-refractivity contribution >= 4 is 11.9 Å². The molecule has 0 saturated carbocycles. The summed E-state index contributed by atoms with van der Waals surface area (Å²) in [6.07, 6.45) is -3.76. The van der Waals surface area contributed by atoms with E-state index in [-0.39, 0.29) is 28.6 Å². The molecule has 2 aliphatic rings. The van der Waals surface area contributed by atoms with Crippen LogP contribution in [0.25, 0.3) is 6.08 Å². The number of hydrogen-bond acceptors (Lipinski definition) is 10. The molecule has 6 N–H and O–H groups in total. The van der Waals surface area contributed by atoms with Crippen LogP contribution in [0.5, 0.6) is 28.7 Å². The number of phenolic OH excluding ortho intramolecular Hbond substituents is 3.